The molecule has 0 aliphatic heterocycles. The van der Waals surface area contributed by atoms with Gasteiger partial charge < -0.3 is 5.73 Å². The highest BCUT2D eigenvalue weighted by molar-refractivity contribution is 6.23. The lowest BCUT2D eigenvalue weighted by molar-refractivity contribution is -0.119. The maximum atomic E-state index is 12.0. The number of carbonyl (C=O) groups excluding carboxylic acids is 1. The van der Waals surface area contributed by atoms with Crippen molar-refractivity contribution in [1.29, 1.82) is 0 Å². The molecular formula is C24H25NO. The van der Waals surface area contributed by atoms with Crippen molar-refractivity contribution >= 4 is 38.1 Å². The molecule has 0 fully saturated rings. The Morgan fingerprint density at radius 1 is 0.731 bits per heavy atom. The van der Waals surface area contributed by atoms with Crippen molar-refractivity contribution < 1.29 is 4.79 Å². The van der Waals surface area contributed by atoms with Crippen LogP contribution in [0.15, 0.2) is 54.6 Å². The minimum atomic E-state index is 0.371. The summed E-state index contributed by atoms with van der Waals surface area (Å²) in [6.07, 6.45) is 5.10. The third-order valence-corrected chi connectivity index (χ3v) is 5.43. The molecule has 4 rings (SSSR count). The van der Waals surface area contributed by atoms with Gasteiger partial charge in [-0.2, -0.15) is 0 Å². The molecular weight excluding hydrogens is 318 g/mol. The number of carbonyl (C=O) groups is 1. The fourth-order valence-electron chi connectivity index (χ4n) is 4.08. The molecule has 2 nitrogen and oxygen atoms in total. The van der Waals surface area contributed by atoms with E-state index < -0.39 is 0 Å². The topological polar surface area (TPSA) is 43.1 Å². The molecule has 0 atom stereocenters. The Bertz CT molecular complexity index is 1030. The Balaban J connectivity index is 1.59. The van der Waals surface area contributed by atoms with Crippen LogP contribution in [0.2, 0.25) is 0 Å². The van der Waals surface area contributed by atoms with Crippen molar-refractivity contribution in [3.63, 3.8) is 0 Å². The average molecular weight is 343 g/mol. The van der Waals surface area contributed by atoms with Gasteiger partial charge in [0.1, 0.15) is 5.78 Å². The Morgan fingerprint density at radius 2 is 1.38 bits per heavy atom. The van der Waals surface area contributed by atoms with E-state index in [0.717, 1.165) is 25.7 Å². The van der Waals surface area contributed by atoms with Crippen LogP contribution in [0.5, 0.6) is 0 Å². The molecule has 0 saturated carbocycles. The van der Waals surface area contributed by atoms with E-state index in [1.165, 1.54) is 37.9 Å². The van der Waals surface area contributed by atoms with Gasteiger partial charge in [0.15, 0.2) is 0 Å². The molecule has 0 amide bonds. The van der Waals surface area contributed by atoms with Crippen LogP contribution in [0, 0.1) is 0 Å². The van der Waals surface area contributed by atoms with Crippen molar-refractivity contribution in [3.8, 4) is 0 Å². The summed E-state index contributed by atoms with van der Waals surface area (Å²) in [6, 6.07) is 19.9. The van der Waals surface area contributed by atoms with Crippen molar-refractivity contribution in [2.24, 2.45) is 5.73 Å². The Morgan fingerprint density at radius 3 is 2.15 bits per heavy atom. The SMILES string of the molecule is NCCCCC(=O)CCCc1ccc2ccc3cccc4ccc1c2c34. The number of rotatable bonds is 8. The zero-order chi connectivity index (χ0) is 17.9. The largest absolute Gasteiger partial charge is 0.330 e. The summed E-state index contributed by atoms with van der Waals surface area (Å²) in [7, 11) is 0. The van der Waals surface area contributed by atoms with E-state index in [-0.39, 0.29) is 0 Å². The summed E-state index contributed by atoms with van der Waals surface area (Å²) in [6.45, 7) is 0.677. The van der Waals surface area contributed by atoms with E-state index in [9.17, 15) is 4.79 Å². The molecule has 2 heteroatoms. The van der Waals surface area contributed by atoms with E-state index in [1.54, 1.807) is 0 Å². The van der Waals surface area contributed by atoms with Gasteiger partial charge in [-0.3, -0.25) is 4.79 Å². The van der Waals surface area contributed by atoms with E-state index in [4.69, 9.17) is 5.73 Å². The van der Waals surface area contributed by atoms with E-state index in [2.05, 4.69) is 54.6 Å². The van der Waals surface area contributed by atoms with Gasteiger partial charge in [0.2, 0.25) is 0 Å². The van der Waals surface area contributed by atoms with Crippen LogP contribution in [-0.2, 0) is 11.2 Å². The summed E-state index contributed by atoms with van der Waals surface area (Å²) in [5, 5.41) is 7.96. The first-order valence-electron chi connectivity index (χ1n) is 9.65. The van der Waals surface area contributed by atoms with Gasteiger partial charge in [-0.1, -0.05) is 54.6 Å². The number of Topliss-reactive ketones (excluding diaryl/α,β-unsaturated/α-hetero) is 1. The summed E-state index contributed by atoms with van der Waals surface area (Å²) < 4.78 is 0. The Hall–Kier alpha value is -2.45. The predicted octanol–water partition coefficient (Wildman–Crippen LogP) is 5.60. The number of ketones is 1. The van der Waals surface area contributed by atoms with Gasteiger partial charge in [0.25, 0.3) is 0 Å². The molecule has 0 radical (unpaired) electrons. The minimum absolute atomic E-state index is 0.371. The number of benzene rings is 4. The van der Waals surface area contributed by atoms with Crippen molar-refractivity contribution in [2.45, 2.75) is 38.5 Å². The molecule has 0 heterocycles. The number of hydrogen-bond donors (Lipinski definition) is 1. The van der Waals surface area contributed by atoms with Crippen LogP contribution in [0.4, 0.5) is 0 Å². The van der Waals surface area contributed by atoms with Gasteiger partial charge in [-0.05, 0) is 70.1 Å². The van der Waals surface area contributed by atoms with E-state index in [1.807, 2.05) is 0 Å². The second kappa shape index (κ2) is 7.43. The van der Waals surface area contributed by atoms with Crippen molar-refractivity contribution in [2.75, 3.05) is 6.54 Å². The second-order valence-electron chi connectivity index (χ2n) is 7.22. The predicted molar refractivity (Wildman–Crippen MR) is 111 cm³/mol. The monoisotopic (exact) mass is 343 g/mol. The lowest BCUT2D eigenvalue weighted by atomic mass is 9.90. The van der Waals surface area contributed by atoms with Crippen LogP contribution in [0.1, 0.15) is 37.7 Å². The molecule has 0 aliphatic carbocycles. The quantitative estimate of drug-likeness (QED) is 0.334. The number of aryl methyl sites for hydroxylation is 1. The average Bonchev–Trinajstić information content (AvgIpc) is 2.67. The molecule has 26 heavy (non-hydrogen) atoms. The first kappa shape index (κ1) is 17.0. The molecule has 132 valence electrons. The molecule has 0 bridgehead atoms. The fraction of sp³-hybridized carbons (Fsp3) is 0.292. The van der Waals surface area contributed by atoms with Crippen LogP contribution < -0.4 is 5.73 Å². The molecule has 4 aromatic rings. The number of nitrogens with two attached hydrogens (primary N) is 1. The lowest BCUT2D eigenvalue weighted by Gasteiger charge is -2.13. The zero-order valence-corrected chi connectivity index (χ0v) is 15.1. The van der Waals surface area contributed by atoms with Gasteiger partial charge in [-0.15, -0.1) is 0 Å². The van der Waals surface area contributed by atoms with Crippen LogP contribution in [0.25, 0.3) is 32.3 Å². The third kappa shape index (κ3) is 3.17. The first-order valence-corrected chi connectivity index (χ1v) is 9.65. The highest BCUT2D eigenvalue weighted by Crippen LogP contribution is 2.36. The molecule has 4 aromatic carbocycles. The molecule has 0 unspecified atom stereocenters. The molecule has 0 saturated heterocycles. The standard InChI is InChI=1S/C24H25NO/c25-16-2-1-8-21(26)9-4-5-17-10-11-20-13-12-18-6-3-7-19-14-15-22(17)24(20)23(18)19/h3,6-7,10-15H,1-2,4-5,8-9,16,25H2. The van der Waals surface area contributed by atoms with Gasteiger partial charge in [0, 0.05) is 12.8 Å². The Kier molecular flexibility index (Phi) is 4.85. The minimum Gasteiger partial charge on any atom is -0.330 e. The van der Waals surface area contributed by atoms with Gasteiger partial charge >= 0.3 is 0 Å². The lowest BCUT2D eigenvalue weighted by Crippen LogP contribution is -2.03. The number of hydrogen-bond acceptors (Lipinski definition) is 2. The summed E-state index contributed by atoms with van der Waals surface area (Å²) in [4.78, 5) is 12.0. The molecule has 0 aliphatic rings. The van der Waals surface area contributed by atoms with Crippen LogP contribution in [0.3, 0.4) is 0 Å². The fourth-order valence-corrected chi connectivity index (χ4v) is 4.08. The molecule has 0 aromatic heterocycles. The third-order valence-electron chi connectivity index (χ3n) is 5.43. The highest BCUT2D eigenvalue weighted by atomic mass is 16.1. The summed E-state index contributed by atoms with van der Waals surface area (Å²) in [5.74, 6) is 0.371. The maximum Gasteiger partial charge on any atom is 0.132 e. The first-order chi connectivity index (χ1) is 12.8. The summed E-state index contributed by atoms with van der Waals surface area (Å²) in [5.41, 5.74) is 6.85. The maximum absolute atomic E-state index is 12.0. The van der Waals surface area contributed by atoms with E-state index in [0.29, 0.717) is 25.2 Å². The second-order valence-corrected chi connectivity index (χ2v) is 7.22. The van der Waals surface area contributed by atoms with E-state index >= 15 is 0 Å². The van der Waals surface area contributed by atoms with Crippen molar-refractivity contribution in [3.05, 3.63) is 60.2 Å². The normalized spacial score (nSPS) is 11.7. The summed E-state index contributed by atoms with van der Waals surface area (Å²) >= 11 is 0. The smallest absolute Gasteiger partial charge is 0.132 e. The van der Waals surface area contributed by atoms with Crippen LogP contribution in [-0.4, -0.2) is 12.3 Å². The highest BCUT2D eigenvalue weighted by Gasteiger charge is 2.11. The van der Waals surface area contributed by atoms with Gasteiger partial charge in [-0.25, -0.2) is 0 Å². The Labute approximate surface area is 154 Å². The zero-order valence-electron chi connectivity index (χ0n) is 15.1. The van der Waals surface area contributed by atoms with Crippen molar-refractivity contribution in [1.82, 2.24) is 0 Å². The molecule has 0 spiro atoms. The molecule has 2 N–H and O–H groups in total. The number of unbranched alkanes of at least 4 members (excludes halogenated alkanes) is 1. The van der Waals surface area contributed by atoms with Crippen LogP contribution >= 0.6 is 0 Å². The van der Waals surface area contributed by atoms with Gasteiger partial charge in [0.05, 0.1) is 0 Å².